The number of rotatable bonds is 1. The topological polar surface area (TPSA) is 41.6 Å². The summed E-state index contributed by atoms with van der Waals surface area (Å²) < 4.78 is 0.979. The van der Waals surface area contributed by atoms with Gasteiger partial charge in [-0.25, -0.2) is 4.99 Å². The third-order valence-corrected chi connectivity index (χ3v) is 3.19. The zero-order valence-corrected chi connectivity index (χ0v) is 10.1. The molecule has 2 rings (SSSR count). The maximum Gasteiger partial charge on any atom is 0.196 e. The van der Waals surface area contributed by atoms with Gasteiger partial charge < -0.3 is 10.6 Å². The van der Waals surface area contributed by atoms with Crippen molar-refractivity contribution in [3.8, 4) is 0 Å². The summed E-state index contributed by atoms with van der Waals surface area (Å²) in [5, 5.41) is 0. The first-order valence-electron chi connectivity index (χ1n) is 5.11. The zero-order chi connectivity index (χ0) is 10.7. The van der Waals surface area contributed by atoms with E-state index in [9.17, 15) is 0 Å². The first-order chi connectivity index (χ1) is 7.27. The van der Waals surface area contributed by atoms with Gasteiger partial charge in [-0.2, -0.15) is 0 Å². The van der Waals surface area contributed by atoms with Crippen molar-refractivity contribution < 1.29 is 0 Å². The summed E-state index contributed by atoms with van der Waals surface area (Å²) in [5.41, 5.74) is 6.83. The molecule has 2 N–H and O–H groups in total. The van der Waals surface area contributed by atoms with Crippen LogP contribution >= 0.6 is 15.9 Å². The van der Waals surface area contributed by atoms with Crippen LogP contribution in [0.15, 0.2) is 33.7 Å². The molecule has 0 saturated carbocycles. The van der Waals surface area contributed by atoms with E-state index in [1.807, 2.05) is 24.3 Å². The second-order valence-electron chi connectivity index (χ2n) is 3.62. The highest BCUT2D eigenvalue weighted by molar-refractivity contribution is 9.10. The second kappa shape index (κ2) is 4.66. The molecule has 1 aromatic rings. The number of aliphatic imine (C=N–C) groups is 1. The molecule has 0 aliphatic carbocycles. The summed E-state index contributed by atoms with van der Waals surface area (Å²) in [6, 6.07) is 7.85. The number of nitrogens with zero attached hydrogens (tertiary/aromatic N) is 2. The van der Waals surface area contributed by atoms with Crippen LogP contribution in [0.3, 0.4) is 0 Å². The fourth-order valence-corrected chi connectivity index (χ4v) is 2.06. The van der Waals surface area contributed by atoms with Crippen LogP contribution in [0.25, 0.3) is 0 Å². The summed E-state index contributed by atoms with van der Waals surface area (Å²) in [5.74, 6) is 0.624. The molecule has 4 heteroatoms. The lowest BCUT2D eigenvalue weighted by atomic mass is 10.3. The number of halogens is 1. The Morgan fingerprint density at radius 1 is 1.27 bits per heavy atom. The highest BCUT2D eigenvalue weighted by atomic mass is 79.9. The van der Waals surface area contributed by atoms with E-state index in [0.717, 1.165) is 23.2 Å². The lowest BCUT2D eigenvalue weighted by Gasteiger charge is -2.15. The molecule has 0 radical (unpaired) electrons. The summed E-state index contributed by atoms with van der Waals surface area (Å²) in [4.78, 5) is 6.54. The predicted octanol–water partition coefficient (Wildman–Crippen LogP) is 2.49. The van der Waals surface area contributed by atoms with Gasteiger partial charge in [0, 0.05) is 17.6 Å². The van der Waals surface area contributed by atoms with E-state index in [0.29, 0.717) is 5.96 Å². The van der Waals surface area contributed by atoms with Gasteiger partial charge in [-0.15, -0.1) is 0 Å². The van der Waals surface area contributed by atoms with Crippen molar-refractivity contribution in [1.29, 1.82) is 0 Å². The molecule has 15 heavy (non-hydrogen) atoms. The zero-order valence-electron chi connectivity index (χ0n) is 8.49. The van der Waals surface area contributed by atoms with Gasteiger partial charge >= 0.3 is 0 Å². The highest BCUT2D eigenvalue weighted by Gasteiger charge is 2.13. The van der Waals surface area contributed by atoms with Crippen LogP contribution < -0.4 is 5.73 Å². The molecular formula is C11H14BrN3. The molecule has 0 unspecified atom stereocenters. The minimum atomic E-state index is 0.624. The van der Waals surface area contributed by atoms with Crippen LogP contribution in [0, 0.1) is 0 Å². The van der Waals surface area contributed by atoms with Crippen molar-refractivity contribution in [3.63, 3.8) is 0 Å². The van der Waals surface area contributed by atoms with E-state index >= 15 is 0 Å². The number of hydrogen-bond acceptors (Lipinski definition) is 1. The molecular weight excluding hydrogens is 254 g/mol. The van der Waals surface area contributed by atoms with Gasteiger partial charge in [-0.1, -0.05) is 12.1 Å². The van der Waals surface area contributed by atoms with Crippen molar-refractivity contribution in [2.75, 3.05) is 13.1 Å². The molecule has 1 aliphatic rings. The van der Waals surface area contributed by atoms with Gasteiger partial charge in [-0.3, -0.25) is 0 Å². The van der Waals surface area contributed by atoms with E-state index in [2.05, 4.69) is 25.8 Å². The Labute approximate surface area is 98.1 Å². The Balaban J connectivity index is 2.18. The van der Waals surface area contributed by atoms with Crippen LogP contribution in [0.1, 0.15) is 12.8 Å². The quantitative estimate of drug-likeness (QED) is 0.628. The standard InChI is InChI=1S/C11H14BrN3/c12-9-5-1-2-6-10(9)14-11(13)15-7-3-4-8-15/h1-2,5-6H,3-4,7-8H2,(H2,13,14). The molecule has 0 aromatic heterocycles. The summed E-state index contributed by atoms with van der Waals surface area (Å²) >= 11 is 3.45. The Morgan fingerprint density at radius 2 is 1.93 bits per heavy atom. The van der Waals surface area contributed by atoms with E-state index in [-0.39, 0.29) is 0 Å². The maximum atomic E-state index is 5.93. The number of benzene rings is 1. The molecule has 1 aromatic carbocycles. The first kappa shape index (κ1) is 10.5. The lowest BCUT2D eigenvalue weighted by molar-refractivity contribution is 0.513. The fraction of sp³-hybridized carbons (Fsp3) is 0.364. The lowest BCUT2D eigenvalue weighted by Crippen LogP contribution is -2.34. The Bertz CT molecular complexity index is 370. The SMILES string of the molecule is NC(=Nc1ccccc1Br)N1CCCC1. The van der Waals surface area contributed by atoms with Crippen LogP contribution in [-0.2, 0) is 0 Å². The predicted molar refractivity (Wildman–Crippen MR) is 66.2 cm³/mol. The molecule has 1 aliphatic heterocycles. The molecule has 0 spiro atoms. The minimum Gasteiger partial charge on any atom is -0.369 e. The molecule has 1 fully saturated rings. The normalized spacial score (nSPS) is 17.1. The van der Waals surface area contributed by atoms with Gasteiger partial charge in [0.15, 0.2) is 5.96 Å². The number of guanidine groups is 1. The van der Waals surface area contributed by atoms with Crippen LogP contribution in [0.5, 0.6) is 0 Å². The number of likely N-dealkylation sites (tertiary alicyclic amines) is 1. The molecule has 0 amide bonds. The Kier molecular flexibility index (Phi) is 3.26. The summed E-state index contributed by atoms with van der Waals surface area (Å²) in [6.07, 6.45) is 2.43. The van der Waals surface area contributed by atoms with Crippen molar-refractivity contribution in [2.45, 2.75) is 12.8 Å². The molecule has 1 heterocycles. The third kappa shape index (κ3) is 2.50. The maximum absolute atomic E-state index is 5.93. The van der Waals surface area contributed by atoms with Crippen molar-refractivity contribution >= 4 is 27.6 Å². The summed E-state index contributed by atoms with van der Waals surface area (Å²) in [7, 11) is 0. The fourth-order valence-electron chi connectivity index (χ4n) is 1.68. The van der Waals surface area contributed by atoms with Crippen LogP contribution in [0.2, 0.25) is 0 Å². The largest absolute Gasteiger partial charge is 0.369 e. The molecule has 0 bridgehead atoms. The molecule has 80 valence electrons. The van der Waals surface area contributed by atoms with Crippen molar-refractivity contribution in [2.24, 2.45) is 10.7 Å². The molecule has 1 saturated heterocycles. The van der Waals surface area contributed by atoms with Gasteiger partial charge in [0.1, 0.15) is 0 Å². The third-order valence-electron chi connectivity index (χ3n) is 2.52. The average molecular weight is 268 g/mol. The second-order valence-corrected chi connectivity index (χ2v) is 4.47. The highest BCUT2D eigenvalue weighted by Crippen LogP contribution is 2.24. The number of nitrogens with two attached hydrogens (primary N) is 1. The Morgan fingerprint density at radius 3 is 2.60 bits per heavy atom. The first-order valence-corrected chi connectivity index (χ1v) is 5.90. The number of hydrogen-bond donors (Lipinski definition) is 1. The summed E-state index contributed by atoms with van der Waals surface area (Å²) in [6.45, 7) is 2.06. The van der Waals surface area contributed by atoms with Crippen LogP contribution in [0.4, 0.5) is 5.69 Å². The van der Waals surface area contributed by atoms with E-state index in [1.54, 1.807) is 0 Å². The van der Waals surface area contributed by atoms with Crippen molar-refractivity contribution in [3.05, 3.63) is 28.7 Å². The Hall–Kier alpha value is -1.03. The van der Waals surface area contributed by atoms with E-state index < -0.39 is 0 Å². The van der Waals surface area contributed by atoms with E-state index in [1.165, 1.54) is 12.8 Å². The van der Waals surface area contributed by atoms with Gasteiger partial charge in [0.25, 0.3) is 0 Å². The molecule has 0 atom stereocenters. The van der Waals surface area contributed by atoms with Crippen molar-refractivity contribution in [1.82, 2.24) is 4.90 Å². The van der Waals surface area contributed by atoms with Gasteiger partial charge in [0.05, 0.1) is 5.69 Å². The average Bonchev–Trinajstić information content (AvgIpc) is 2.74. The monoisotopic (exact) mass is 267 g/mol. The van der Waals surface area contributed by atoms with Crippen LogP contribution in [-0.4, -0.2) is 23.9 Å². The minimum absolute atomic E-state index is 0.624. The van der Waals surface area contributed by atoms with E-state index in [4.69, 9.17) is 5.73 Å². The smallest absolute Gasteiger partial charge is 0.196 e. The molecule has 3 nitrogen and oxygen atoms in total. The van der Waals surface area contributed by atoms with Gasteiger partial charge in [-0.05, 0) is 40.9 Å². The number of para-hydroxylation sites is 1. The van der Waals surface area contributed by atoms with Gasteiger partial charge in [0.2, 0.25) is 0 Å².